The smallest absolute Gasteiger partial charge is 0.341 e. The predicted molar refractivity (Wildman–Crippen MR) is 73.8 cm³/mol. The lowest BCUT2D eigenvalue weighted by Crippen LogP contribution is -2.37. The number of nitrogens with one attached hydrogen (secondary N) is 2. The Hall–Kier alpha value is -2.08. The summed E-state index contributed by atoms with van der Waals surface area (Å²) in [5, 5.41) is 14.6. The number of anilines is 1. The highest BCUT2D eigenvalue weighted by Gasteiger charge is 2.20. The van der Waals surface area contributed by atoms with Gasteiger partial charge in [0.2, 0.25) is 5.91 Å². The van der Waals surface area contributed by atoms with Crippen LogP contribution >= 0.6 is 0 Å². The van der Waals surface area contributed by atoms with E-state index in [0.717, 1.165) is 19.4 Å². The standard InChI is InChI=1S/C14H18N2O4/c17-13(18)9-20-12-5-3-11(4-6-12)16-14(19)10-2-1-7-15-8-10/h3-6,10,15H,1-2,7-9H2,(H,16,19)(H,17,18)/t10-/m0/s1. The van der Waals surface area contributed by atoms with Gasteiger partial charge in [0, 0.05) is 12.2 Å². The Bertz CT molecular complexity index is 467. The van der Waals surface area contributed by atoms with E-state index in [-0.39, 0.29) is 18.4 Å². The summed E-state index contributed by atoms with van der Waals surface area (Å²) >= 11 is 0. The minimum Gasteiger partial charge on any atom is -0.482 e. The fraction of sp³-hybridized carbons (Fsp3) is 0.429. The van der Waals surface area contributed by atoms with Gasteiger partial charge in [0.1, 0.15) is 5.75 Å². The first-order valence-corrected chi connectivity index (χ1v) is 6.61. The molecule has 1 atom stereocenters. The van der Waals surface area contributed by atoms with Crippen molar-refractivity contribution in [2.24, 2.45) is 5.92 Å². The van der Waals surface area contributed by atoms with Crippen LogP contribution < -0.4 is 15.4 Å². The van der Waals surface area contributed by atoms with Crippen LogP contribution in [0.15, 0.2) is 24.3 Å². The maximum atomic E-state index is 12.0. The lowest BCUT2D eigenvalue weighted by molar-refractivity contribution is -0.139. The van der Waals surface area contributed by atoms with Crippen molar-refractivity contribution in [1.29, 1.82) is 0 Å². The lowest BCUT2D eigenvalue weighted by atomic mass is 9.99. The van der Waals surface area contributed by atoms with Gasteiger partial charge in [-0.25, -0.2) is 4.79 Å². The third kappa shape index (κ3) is 4.24. The van der Waals surface area contributed by atoms with Gasteiger partial charge in [-0.3, -0.25) is 4.79 Å². The number of rotatable bonds is 5. The number of hydrogen-bond donors (Lipinski definition) is 3. The molecule has 1 fully saturated rings. The number of amides is 1. The van der Waals surface area contributed by atoms with Gasteiger partial charge >= 0.3 is 5.97 Å². The highest BCUT2D eigenvalue weighted by Crippen LogP contribution is 2.18. The molecule has 6 nitrogen and oxygen atoms in total. The average Bonchev–Trinajstić information content (AvgIpc) is 2.47. The quantitative estimate of drug-likeness (QED) is 0.750. The second-order valence-electron chi connectivity index (χ2n) is 4.74. The first-order chi connectivity index (χ1) is 9.65. The molecule has 1 aliphatic heterocycles. The fourth-order valence-corrected chi connectivity index (χ4v) is 2.10. The molecule has 3 N–H and O–H groups in total. The van der Waals surface area contributed by atoms with Crippen LogP contribution in [-0.4, -0.2) is 36.7 Å². The molecule has 1 aromatic carbocycles. The van der Waals surface area contributed by atoms with E-state index in [2.05, 4.69) is 10.6 Å². The fourth-order valence-electron chi connectivity index (χ4n) is 2.10. The van der Waals surface area contributed by atoms with Crippen molar-refractivity contribution in [2.45, 2.75) is 12.8 Å². The first kappa shape index (κ1) is 14.3. The number of aliphatic carboxylic acids is 1. The molecule has 0 saturated carbocycles. The van der Waals surface area contributed by atoms with Crippen molar-refractivity contribution in [3.8, 4) is 5.75 Å². The topological polar surface area (TPSA) is 87.7 Å². The summed E-state index contributed by atoms with van der Waals surface area (Å²) in [5.41, 5.74) is 0.684. The molecule has 0 radical (unpaired) electrons. The minimum atomic E-state index is -1.02. The summed E-state index contributed by atoms with van der Waals surface area (Å²) in [7, 11) is 0. The van der Waals surface area contributed by atoms with E-state index < -0.39 is 5.97 Å². The van der Waals surface area contributed by atoms with Crippen LogP contribution in [0.4, 0.5) is 5.69 Å². The van der Waals surface area contributed by atoms with Crippen LogP contribution in [0.2, 0.25) is 0 Å². The Balaban J connectivity index is 1.86. The van der Waals surface area contributed by atoms with Gasteiger partial charge in [-0.15, -0.1) is 0 Å². The van der Waals surface area contributed by atoms with Crippen LogP contribution in [0.5, 0.6) is 5.75 Å². The highest BCUT2D eigenvalue weighted by molar-refractivity contribution is 5.92. The summed E-state index contributed by atoms with van der Waals surface area (Å²) in [6, 6.07) is 6.67. The molecule has 20 heavy (non-hydrogen) atoms. The molecule has 108 valence electrons. The van der Waals surface area contributed by atoms with Gasteiger partial charge in [0.25, 0.3) is 0 Å². The Morgan fingerprint density at radius 1 is 1.35 bits per heavy atom. The van der Waals surface area contributed by atoms with E-state index in [0.29, 0.717) is 18.0 Å². The Kier molecular flexibility index (Phi) is 4.95. The van der Waals surface area contributed by atoms with Gasteiger partial charge in [-0.05, 0) is 43.7 Å². The SMILES string of the molecule is O=C(O)COc1ccc(NC(=O)[C@H]2CCCNC2)cc1. The van der Waals surface area contributed by atoms with E-state index in [4.69, 9.17) is 9.84 Å². The molecule has 0 aromatic heterocycles. The molecule has 0 spiro atoms. The van der Waals surface area contributed by atoms with E-state index in [1.165, 1.54) is 0 Å². The molecule has 2 rings (SSSR count). The van der Waals surface area contributed by atoms with Crippen molar-refractivity contribution in [2.75, 3.05) is 25.0 Å². The van der Waals surface area contributed by atoms with Gasteiger partial charge in [-0.1, -0.05) is 0 Å². The molecule has 6 heteroatoms. The Morgan fingerprint density at radius 2 is 2.10 bits per heavy atom. The number of carboxylic acid groups (broad SMARTS) is 1. The minimum absolute atomic E-state index is 0.00619. The van der Waals surface area contributed by atoms with Crippen molar-refractivity contribution in [1.82, 2.24) is 5.32 Å². The summed E-state index contributed by atoms with van der Waals surface area (Å²) < 4.78 is 5.02. The highest BCUT2D eigenvalue weighted by atomic mass is 16.5. The maximum absolute atomic E-state index is 12.0. The molecule has 1 aromatic rings. The number of carbonyl (C=O) groups is 2. The third-order valence-electron chi connectivity index (χ3n) is 3.15. The third-order valence-corrected chi connectivity index (χ3v) is 3.15. The summed E-state index contributed by atoms with van der Waals surface area (Å²) in [6.45, 7) is 1.31. The van der Waals surface area contributed by atoms with Crippen LogP contribution in [0, 0.1) is 5.92 Å². The molecular weight excluding hydrogens is 260 g/mol. The molecule has 0 bridgehead atoms. The average molecular weight is 278 g/mol. The number of carbonyl (C=O) groups excluding carboxylic acids is 1. The van der Waals surface area contributed by atoms with E-state index >= 15 is 0 Å². The number of benzene rings is 1. The van der Waals surface area contributed by atoms with Gasteiger partial charge < -0.3 is 20.5 Å². The molecule has 0 aliphatic carbocycles. The van der Waals surface area contributed by atoms with Gasteiger partial charge in [0.05, 0.1) is 5.92 Å². The summed E-state index contributed by atoms with van der Waals surface area (Å²) in [5.74, 6) is -0.542. The van der Waals surface area contributed by atoms with Crippen LogP contribution in [0.25, 0.3) is 0 Å². The Labute approximate surface area is 117 Å². The number of hydrogen-bond acceptors (Lipinski definition) is 4. The zero-order chi connectivity index (χ0) is 14.4. The molecule has 0 unspecified atom stereocenters. The van der Waals surface area contributed by atoms with Crippen molar-refractivity contribution >= 4 is 17.6 Å². The number of ether oxygens (including phenoxy) is 1. The van der Waals surface area contributed by atoms with Gasteiger partial charge in [-0.2, -0.15) is 0 Å². The van der Waals surface area contributed by atoms with Crippen LogP contribution in [0.1, 0.15) is 12.8 Å². The lowest BCUT2D eigenvalue weighted by Gasteiger charge is -2.21. The van der Waals surface area contributed by atoms with Gasteiger partial charge in [0.15, 0.2) is 6.61 Å². The molecule has 1 aliphatic rings. The number of piperidine rings is 1. The van der Waals surface area contributed by atoms with Crippen LogP contribution in [0.3, 0.4) is 0 Å². The largest absolute Gasteiger partial charge is 0.482 e. The second-order valence-corrected chi connectivity index (χ2v) is 4.74. The molecule has 1 heterocycles. The summed E-state index contributed by atoms with van der Waals surface area (Å²) in [6.07, 6.45) is 1.92. The normalized spacial score (nSPS) is 18.3. The van der Waals surface area contributed by atoms with Crippen molar-refractivity contribution < 1.29 is 19.4 Å². The van der Waals surface area contributed by atoms with E-state index in [1.807, 2.05) is 0 Å². The molecular formula is C14H18N2O4. The number of carboxylic acids is 1. The second kappa shape index (κ2) is 6.91. The van der Waals surface area contributed by atoms with Crippen LogP contribution in [-0.2, 0) is 9.59 Å². The molecule has 1 saturated heterocycles. The van der Waals surface area contributed by atoms with E-state index in [9.17, 15) is 9.59 Å². The van der Waals surface area contributed by atoms with Crippen molar-refractivity contribution in [3.63, 3.8) is 0 Å². The first-order valence-electron chi connectivity index (χ1n) is 6.61. The zero-order valence-corrected chi connectivity index (χ0v) is 11.1. The zero-order valence-electron chi connectivity index (χ0n) is 11.1. The monoisotopic (exact) mass is 278 g/mol. The van der Waals surface area contributed by atoms with E-state index in [1.54, 1.807) is 24.3 Å². The van der Waals surface area contributed by atoms with Crippen molar-refractivity contribution in [3.05, 3.63) is 24.3 Å². The summed E-state index contributed by atoms with van der Waals surface area (Å²) in [4.78, 5) is 22.4. The maximum Gasteiger partial charge on any atom is 0.341 e. The Morgan fingerprint density at radius 3 is 2.70 bits per heavy atom. The predicted octanol–water partition coefficient (Wildman–Crippen LogP) is 1.09. The molecule has 1 amide bonds.